The maximum absolute atomic E-state index is 15.5. The zero-order valence-electron chi connectivity index (χ0n) is 27.8. The zero-order valence-corrected chi connectivity index (χ0v) is 27.8. The van der Waals surface area contributed by atoms with E-state index in [-0.39, 0.29) is 40.8 Å². The Bertz CT molecular complexity index is 2010. The van der Waals surface area contributed by atoms with E-state index in [1.54, 1.807) is 5.57 Å². The summed E-state index contributed by atoms with van der Waals surface area (Å²) >= 11 is 0. The molecule has 2 amide bonds. The lowest BCUT2D eigenvalue weighted by Gasteiger charge is -2.57. The van der Waals surface area contributed by atoms with Gasteiger partial charge in [-0.25, -0.2) is 0 Å². The molecular formula is C42H42N4O2. The molecule has 6 nitrogen and oxygen atoms in total. The number of carbonyl (C=O) groups excluding carboxylic acids is 2. The van der Waals surface area contributed by atoms with Gasteiger partial charge in [0.05, 0.1) is 18.0 Å². The minimum Gasteiger partial charge on any atom is -0.304 e. The van der Waals surface area contributed by atoms with Gasteiger partial charge in [-0.3, -0.25) is 19.4 Å². The van der Waals surface area contributed by atoms with E-state index in [4.69, 9.17) is 0 Å². The van der Waals surface area contributed by atoms with E-state index < -0.39 is 0 Å². The summed E-state index contributed by atoms with van der Waals surface area (Å²) in [5.41, 5.74) is 9.39. The number of carbonyl (C=O) groups is 2. The van der Waals surface area contributed by atoms with E-state index in [2.05, 4.69) is 106 Å². The number of rotatable bonds is 1. The van der Waals surface area contributed by atoms with Crippen LogP contribution in [0.25, 0.3) is 0 Å². The molecule has 6 fully saturated rings. The van der Waals surface area contributed by atoms with E-state index in [0.717, 1.165) is 51.0 Å². The van der Waals surface area contributed by atoms with E-state index in [1.807, 2.05) is 6.08 Å². The van der Waals surface area contributed by atoms with Crippen molar-refractivity contribution in [3.05, 3.63) is 107 Å². The lowest BCUT2D eigenvalue weighted by molar-refractivity contribution is -0.124. The molecule has 0 radical (unpaired) electrons. The molecule has 12 rings (SSSR count). The molecule has 0 N–H and O–H groups in total. The van der Waals surface area contributed by atoms with Crippen LogP contribution in [0.4, 0.5) is 11.4 Å². The van der Waals surface area contributed by atoms with Crippen molar-refractivity contribution in [3.63, 3.8) is 0 Å². The van der Waals surface area contributed by atoms with Gasteiger partial charge >= 0.3 is 0 Å². The minimum atomic E-state index is -0.210. The molecular weight excluding hydrogens is 592 g/mol. The Kier molecular flexibility index (Phi) is 4.91. The van der Waals surface area contributed by atoms with Crippen LogP contribution < -0.4 is 9.80 Å². The van der Waals surface area contributed by atoms with Crippen LogP contribution in [0.15, 0.2) is 95.6 Å². The average Bonchev–Trinajstić information content (AvgIpc) is 3.85. The van der Waals surface area contributed by atoms with Gasteiger partial charge in [-0.05, 0) is 86.9 Å². The normalized spacial score (nSPS) is 45.5. The van der Waals surface area contributed by atoms with Crippen molar-refractivity contribution in [2.24, 2.45) is 23.7 Å². The second kappa shape index (κ2) is 8.70. The molecule has 0 aromatic heterocycles. The van der Waals surface area contributed by atoms with Crippen LogP contribution in [0.1, 0.15) is 50.7 Å². The molecule has 4 bridgehead atoms. The predicted octanol–water partition coefficient (Wildman–Crippen LogP) is 5.51. The fraction of sp³-hybridized carbons (Fsp3) is 0.476. The number of para-hydroxylation sites is 2. The first-order chi connectivity index (χ1) is 23.5. The molecule has 2 aliphatic carbocycles. The van der Waals surface area contributed by atoms with Gasteiger partial charge in [0.25, 0.3) is 5.91 Å². The molecule has 10 aliphatic rings. The molecule has 2 aromatic rings. The predicted molar refractivity (Wildman–Crippen MR) is 186 cm³/mol. The monoisotopic (exact) mass is 634 g/mol. The Morgan fingerprint density at radius 3 is 2.38 bits per heavy atom. The Labute approximate surface area is 282 Å². The number of hydrogen-bond acceptors (Lipinski definition) is 4. The maximum atomic E-state index is 15.5. The lowest BCUT2D eigenvalue weighted by atomic mass is 9.54. The van der Waals surface area contributed by atoms with Gasteiger partial charge in [0.15, 0.2) is 0 Å². The zero-order chi connectivity index (χ0) is 31.8. The summed E-state index contributed by atoms with van der Waals surface area (Å²) in [6.07, 6.45) is 15.7. The van der Waals surface area contributed by atoms with Gasteiger partial charge in [0.1, 0.15) is 0 Å². The van der Waals surface area contributed by atoms with Crippen molar-refractivity contribution in [2.45, 2.75) is 80.6 Å². The first-order valence-corrected chi connectivity index (χ1v) is 18.6. The minimum absolute atomic E-state index is 0.00937. The van der Waals surface area contributed by atoms with Crippen molar-refractivity contribution < 1.29 is 9.59 Å². The molecule has 6 heteroatoms. The Morgan fingerprint density at radius 1 is 0.833 bits per heavy atom. The summed E-state index contributed by atoms with van der Waals surface area (Å²) in [6.45, 7) is 7.51. The Balaban J connectivity index is 1.07. The molecule has 242 valence electrons. The highest BCUT2D eigenvalue weighted by atomic mass is 16.2. The third kappa shape index (κ3) is 2.73. The number of piperidine rings is 2. The molecule has 4 saturated heterocycles. The highest BCUT2D eigenvalue weighted by Crippen LogP contribution is 2.68. The third-order valence-corrected chi connectivity index (χ3v) is 15.6. The van der Waals surface area contributed by atoms with Crippen LogP contribution in [-0.2, 0) is 20.4 Å². The lowest BCUT2D eigenvalue weighted by Crippen LogP contribution is -2.66. The molecule has 2 spiro atoms. The quantitative estimate of drug-likeness (QED) is 0.389. The second-order valence-electron chi connectivity index (χ2n) is 16.6. The number of benzene rings is 2. The van der Waals surface area contributed by atoms with Crippen molar-refractivity contribution in [1.82, 2.24) is 9.80 Å². The number of nitrogens with zero attached hydrogens (tertiary/aromatic N) is 4. The number of fused-ring (bicyclic) bond motifs is 8. The first kappa shape index (κ1) is 27.1. The van der Waals surface area contributed by atoms with Gasteiger partial charge in [-0.1, -0.05) is 71.8 Å². The highest BCUT2D eigenvalue weighted by molar-refractivity contribution is 6.06. The molecule has 2 saturated carbocycles. The summed E-state index contributed by atoms with van der Waals surface area (Å²) in [5.74, 6) is 1.35. The van der Waals surface area contributed by atoms with Crippen LogP contribution in [-0.4, -0.2) is 71.5 Å². The standard InChI is InChI=1S/C42H42N4O2/c1-3-23-21-43-16-15-41-30-9-5-8-12-33(30)46-39(41)28(27(23)18-35(41)43)17-29(40(46)48)34-20-42-31-10-6-7-11-32(31)45-37(47)14-13-25(38(42)45)26-19-36(42)44(34)22-24(26)4-2/h3-14,17,25-27,29,34-36,38-39H,15-16,18-22H2,1-2H3/b23-3-,24-4-/t25-,26-,27?,29?,34+,35?,36-,38-,39-,41+,42+/m0/s1. The van der Waals surface area contributed by atoms with E-state index in [9.17, 15) is 4.79 Å². The topological polar surface area (TPSA) is 47.1 Å². The maximum Gasteiger partial charge on any atom is 0.250 e. The SMILES string of the molecule is C/C=C1/CN2CC[C@@]34c5ccccc5N5C(=O)C([C@H]6C[C@]78c9ccccc9N9C(=O)C=C[C@H]([C@H]97)[C@H]7C[C@@H]8N6C/C7=C/C)C=C(C1CC23)[C@H]54. The summed E-state index contributed by atoms with van der Waals surface area (Å²) < 4.78 is 0. The third-order valence-electron chi connectivity index (χ3n) is 15.6. The van der Waals surface area contributed by atoms with E-state index >= 15 is 4.79 Å². The number of amides is 2. The largest absolute Gasteiger partial charge is 0.304 e. The fourth-order valence-corrected chi connectivity index (χ4v) is 14.1. The Hall–Kier alpha value is -3.74. The van der Waals surface area contributed by atoms with Crippen molar-refractivity contribution >= 4 is 23.2 Å². The summed E-state index contributed by atoms with van der Waals surface area (Å²) in [5, 5.41) is 0. The molecule has 2 aromatic carbocycles. The van der Waals surface area contributed by atoms with Crippen molar-refractivity contribution in [3.8, 4) is 0 Å². The summed E-state index contributed by atoms with van der Waals surface area (Å²) in [6, 6.07) is 18.8. The van der Waals surface area contributed by atoms with Crippen LogP contribution in [0.2, 0.25) is 0 Å². The van der Waals surface area contributed by atoms with Gasteiger partial charge in [0, 0.05) is 65.3 Å². The van der Waals surface area contributed by atoms with Gasteiger partial charge in [-0.15, -0.1) is 0 Å². The first-order valence-electron chi connectivity index (χ1n) is 18.6. The van der Waals surface area contributed by atoms with Crippen molar-refractivity contribution in [1.29, 1.82) is 0 Å². The average molecular weight is 635 g/mol. The van der Waals surface area contributed by atoms with Crippen LogP contribution >= 0.6 is 0 Å². The van der Waals surface area contributed by atoms with Crippen LogP contribution in [0.3, 0.4) is 0 Å². The van der Waals surface area contributed by atoms with Crippen LogP contribution in [0.5, 0.6) is 0 Å². The van der Waals surface area contributed by atoms with Gasteiger partial charge < -0.3 is 9.80 Å². The van der Waals surface area contributed by atoms with Gasteiger partial charge in [0.2, 0.25) is 5.91 Å². The molecule has 11 atom stereocenters. The molecule has 3 unspecified atom stereocenters. The highest BCUT2D eigenvalue weighted by Gasteiger charge is 2.73. The number of allylic oxidation sites excluding steroid dienone is 2. The van der Waals surface area contributed by atoms with E-state index in [1.165, 1.54) is 28.0 Å². The molecule has 8 heterocycles. The van der Waals surface area contributed by atoms with Gasteiger partial charge in [-0.2, -0.15) is 0 Å². The Morgan fingerprint density at radius 2 is 1.58 bits per heavy atom. The molecule has 48 heavy (non-hydrogen) atoms. The van der Waals surface area contributed by atoms with Crippen LogP contribution in [0, 0.1) is 23.7 Å². The van der Waals surface area contributed by atoms with Crippen molar-refractivity contribution in [2.75, 3.05) is 29.4 Å². The fourth-order valence-electron chi connectivity index (χ4n) is 14.1. The summed E-state index contributed by atoms with van der Waals surface area (Å²) in [7, 11) is 0. The summed E-state index contributed by atoms with van der Waals surface area (Å²) in [4.78, 5) is 39.2. The second-order valence-corrected chi connectivity index (χ2v) is 16.6. The number of anilines is 2. The smallest absolute Gasteiger partial charge is 0.250 e. The van der Waals surface area contributed by atoms with E-state index in [0.29, 0.717) is 35.7 Å². The number of hydrogen-bond donors (Lipinski definition) is 0. The molecule has 8 aliphatic heterocycles.